The first kappa shape index (κ1) is 18.5. The van der Waals surface area contributed by atoms with Crippen molar-refractivity contribution in [2.24, 2.45) is 0 Å². The van der Waals surface area contributed by atoms with Crippen LogP contribution in [0.25, 0.3) is 11.3 Å². The van der Waals surface area contributed by atoms with E-state index < -0.39 is 11.6 Å². The summed E-state index contributed by atoms with van der Waals surface area (Å²) in [5, 5.41) is 5.72. The van der Waals surface area contributed by atoms with Crippen LogP contribution in [0.15, 0.2) is 36.7 Å². The summed E-state index contributed by atoms with van der Waals surface area (Å²) < 4.78 is 26.2. The van der Waals surface area contributed by atoms with Gasteiger partial charge < -0.3 is 15.6 Å². The highest BCUT2D eigenvalue weighted by atomic mass is 19.2. The number of nitrogens with one attached hydrogen (secondary N) is 3. The molecule has 0 spiro atoms. The summed E-state index contributed by atoms with van der Waals surface area (Å²) >= 11 is 0. The Bertz CT molecular complexity index is 970. The van der Waals surface area contributed by atoms with Gasteiger partial charge in [-0.25, -0.2) is 18.7 Å². The fraction of sp³-hybridized carbons (Fsp3) is 0.211. The minimum absolute atomic E-state index is 0.0848. The molecule has 27 heavy (non-hydrogen) atoms. The number of hydrogen-bond donors (Lipinski definition) is 3. The third-order valence-electron chi connectivity index (χ3n) is 3.94. The Labute approximate surface area is 155 Å². The number of halogens is 2. The van der Waals surface area contributed by atoms with Gasteiger partial charge in [0.1, 0.15) is 5.69 Å². The Hall–Kier alpha value is -3.29. The van der Waals surface area contributed by atoms with E-state index in [2.05, 4.69) is 25.6 Å². The number of carbonyl (C=O) groups excluding carboxylic acids is 1. The number of amides is 1. The van der Waals surface area contributed by atoms with E-state index in [1.807, 2.05) is 13.8 Å². The second-order valence-corrected chi connectivity index (χ2v) is 5.99. The van der Waals surface area contributed by atoms with Crippen LogP contribution in [0.3, 0.4) is 0 Å². The number of rotatable bonds is 6. The second kappa shape index (κ2) is 7.94. The van der Waals surface area contributed by atoms with Crippen LogP contribution in [0.4, 0.5) is 14.7 Å². The second-order valence-electron chi connectivity index (χ2n) is 5.99. The molecule has 8 heteroatoms. The number of H-pyrrole nitrogens is 1. The lowest BCUT2D eigenvalue weighted by Crippen LogP contribution is -2.23. The molecule has 2 aromatic heterocycles. The molecule has 6 nitrogen and oxygen atoms in total. The summed E-state index contributed by atoms with van der Waals surface area (Å²) in [5.41, 5.74) is 3.17. The highest BCUT2D eigenvalue weighted by Gasteiger charge is 2.13. The molecule has 3 N–H and O–H groups in total. The van der Waals surface area contributed by atoms with E-state index in [9.17, 15) is 13.6 Å². The average Bonchev–Trinajstić information content (AvgIpc) is 3.14. The molecule has 0 unspecified atom stereocenters. The summed E-state index contributed by atoms with van der Waals surface area (Å²) in [6.07, 6.45) is 3.41. The van der Waals surface area contributed by atoms with Gasteiger partial charge in [-0.1, -0.05) is 6.07 Å². The molecule has 0 bridgehead atoms. The fourth-order valence-corrected chi connectivity index (χ4v) is 2.57. The maximum absolute atomic E-state index is 13.2. The monoisotopic (exact) mass is 371 g/mol. The molecule has 0 aliphatic rings. The van der Waals surface area contributed by atoms with E-state index in [1.54, 1.807) is 18.5 Å². The zero-order chi connectivity index (χ0) is 19.4. The molecule has 3 rings (SSSR count). The number of hydrogen-bond acceptors (Lipinski definition) is 4. The van der Waals surface area contributed by atoms with Crippen LogP contribution in [-0.2, 0) is 6.54 Å². The van der Waals surface area contributed by atoms with Gasteiger partial charge in [0.15, 0.2) is 11.6 Å². The lowest BCUT2D eigenvalue weighted by Gasteiger charge is -2.06. The number of carbonyl (C=O) groups is 1. The predicted molar refractivity (Wildman–Crippen MR) is 98.2 cm³/mol. The van der Waals surface area contributed by atoms with Gasteiger partial charge in [0, 0.05) is 31.0 Å². The Balaban J connectivity index is 1.72. The summed E-state index contributed by atoms with van der Waals surface area (Å²) in [5.74, 6) is -1.70. The number of aromatic nitrogens is 3. The molecule has 0 atom stereocenters. The highest BCUT2D eigenvalue weighted by molar-refractivity contribution is 5.93. The molecule has 140 valence electrons. The van der Waals surface area contributed by atoms with Crippen LogP contribution in [0, 0.1) is 18.6 Å². The average molecular weight is 371 g/mol. The summed E-state index contributed by atoms with van der Waals surface area (Å²) in [6, 6.07) is 5.20. The van der Waals surface area contributed by atoms with Gasteiger partial charge >= 0.3 is 0 Å². The van der Waals surface area contributed by atoms with Crippen molar-refractivity contribution in [1.29, 1.82) is 0 Å². The van der Waals surface area contributed by atoms with Crippen LogP contribution < -0.4 is 10.6 Å². The van der Waals surface area contributed by atoms with Crippen molar-refractivity contribution in [3.8, 4) is 11.3 Å². The van der Waals surface area contributed by atoms with E-state index in [0.717, 1.165) is 29.0 Å². The van der Waals surface area contributed by atoms with Crippen molar-refractivity contribution in [3.05, 3.63) is 65.1 Å². The predicted octanol–water partition coefficient (Wildman–Crippen LogP) is 3.42. The number of aromatic amines is 1. The largest absolute Gasteiger partial charge is 0.357 e. The molecular formula is C19H19F2N5O. The van der Waals surface area contributed by atoms with Gasteiger partial charge in [0.2, 0.25) is 5.95 Å². The smallest absolute Gasteiger partial charge is 0.267 e. The Morgan fingerprint density at radius 1 is 1.22 bits per heavy atom. The van der Waals surface area contributed by atoms with Gasteiger partial charge in [-0.3, -0.25) is 4.79 Å². The standard InChI is InChI=1S/C19H19F2N5O/c1-3-22-19-25-8-11(2)17(26-19)13-7-16(23-10-13)18(27)24-9-12-4-5-14(20)15(21)6-12/h4-8,10,23H,3,9H2,1-2H3,(H,24,27)(H,22,25,26). The third-order valence-corrected chi connectivity index (χ3v) is 3.94. The summed E-state index contributed by atoms with van der Waals surface area (Å²) in [6.45, 7) is 4.63. The zero-order valence-electron chi connectivity index (χ0n) is 14.9. The quantitative estimate of drug-likeness (QED) is 0.620. The fourth-order valence-electron chi connectivity index (χ4n) is 2.57. The lowest BCUT2D eigenvalue weighted by atomic mass is 10.1. The molecular weight excluding hydrogens is 352 g/mol. The van der Waals surface area contributed by atoms with Crippen molar-refractivity contribution in [3.63, 3.8) is 0 Å². The minimum Gasteiger partial charge on any atom is -0.357 e. The molecule has 0 saturated heterocycles. The van der Waals surface area contributed by atoms with Crippen molar-refractivity contribution in [2.45, 2.75) is 20.4 Å². The van der Waals surface area contributed by atoms with Crippen LogP contribution in [-0.4, -0.2) is 27.4 Å². The van der Waals surface area contributed by atoms with Crippen LogP contribution >= 0.6 is 0 Å². The Kier molecular flexibility index (Phi) is 5.44. The summed E-state index contributed by atoms with van der Waals surface area (Å²) in [4.78, 5) is 23.9. The topological polar surface area (TPSA) is 82.7 Å². The van der Waals surface area contributed by atoms with Crippen LogP contribution in [0.1, 0.15) is 28.5 Å². The molecule has 0 fully saturated rings. The van der Waals surface area contributed by atoms with Gasteiger partial charge in [-0.15, -0.1) is 0 Å². The van der Waals surface area contributed by atoms with Crippen molar-refractivity contribution >= 4 is 11.9 Å². The van der Waals surface area contributed by atoms with E-state index in [-0.39, 0.29) is 12.5 Å². The molecule has 0 saturated carbocycles. The first-order valence-corrected chi connectivity index (χ1v) is 8.46. The van der Waals surface area contributed by atoms with E-state index in [4.69, 9.17) is 0 Å². The molecule has 0 aliphatic heterocycles. The number of benzene rings is 1. The molecule has 0 radical (unpaired) electrons. The zero-order valence-corrected chi connectivity index (χ0v) is 14.9. The van der Waals surface area contributed by atoms with Crippen molar-refractivity contribution in [1.82, 2.24) is 20.3 Å². The first-order valence-electron chi connectivity index (χ1n) is 8.46. The molecule has 2 heterocycles. The lowest BCUT2D eigenvalue weighted by molar-refractivity contribution is 0.0946. The van der Waals surface area contributed by atoms with Crippen LogP contribution in [0.2, 0.25) is 0 Å². The molecule has 3 aromatic rings. The molecule has 1 amide bonds. The normalized spacial score (nSPS) is 10.7. The third kappa shape index (κ3) is 4.28. The van der Waals surface area contributed by atoms with Crippen LogP contribution in [0.5, 0.6) is 0 Å². The van der Waals surface area contributed by atoms with Gasteiger partial charge in [0.25, 0.3) is 5.91 Å². The molecule has 0 aliphatic carbocycles. The van der Waals surface area contributed by atoms with E-state index in [0.29, 0.717) is 23.8 Å². The van der Waals surface area contributed by atoms with E-state index in [1.165, 1.54) is 6.07 Å². The van der Waals surface area contributed by atoms with Crippen molar-refractivity contribution in [2.75, 3.05) is 11.9 Å². The van der Waals surface area contributed by atoms with Crippen molar-refractivity contribution < 1.29 is 13.6 Å². The Morgan fingerprint density at radius 2 is 2.04 bits per heavy atom. The highest BCUT2D eigenvalue weighted by Crippen LogP contribution is 2.22. The number of nitrogens with zero attached hydrogens (tertiary/aromatic N) is 2. The van der Waals surface area contributed by atoms with Gasteiger partial charge in [0.05, 0.1) is 5.69 Å². The summed E-state index contributed by atoms with van der Waals surface area (Å²) in [7, 11) is 0. The Morgan fingerprint density at radius 3 is 2.78 bits per heavy atom. The number of anilines is 1. The van der Waals surface area contributed by atoms with Gasteiger partial charge in [-0.2, -0.15) is 0 Å². The minimum atomic E-state index is -0.945. The van der Waals surface area contributed by atoms with E-state index >= 15 is 0 Å². The maximum atomic E-state index is 13.2. The maximum Gasteiger partial charge on any atom is 0.267 e. The molecule has 1 aromatic carbocycles. The van der Waals surface area contributed by atoms with Gasteiger partial charge in [-0.05, 0) is 43.2 Å². The first-order chi connectivity index (χ1) is 13.0. The SMILES string of the molecule is CCNc1ncc(C)c(-c2c[nH]c(C(=O)NCc3ccc(F)c(F)c3)c2)n1. The number of aryl methyl sites for hydroxylation is 1.